The number of hydrogen-bond donors (Lipinski definition) is 1. The van der Waals surface area contributed by atoms with E-state index in [0.717, 1.165) is 36.5 Å². The van der Waals surface area contributed by atoms with Crippen LogP contribution in [-0.4, -0.2) is 38.0 Å². The number of amides is 1. The summed E-state index contributed by atoms with van der Waals surface area (Å²) in [4.78, 5) is 13.7. The van der Waals surface area contributed by atoms with Crippen molar-refractivity contribution in [3.63, 3.8) is 0 Å². The zero-order chi connectivity index (χ0) is 13.4. The van der Waals surface area contributed by atoms with Crippen molar-refractivity contribution in [1.29, 1.82) is 0 Å². The molecule has 0 aliphatic carbocycles. The van der Waals surface area contributed by atoms with Gasteiger partial charge in [0.05, 0.1) is 0 Å². The van der Waals surface area contributed by atoms with Crippen molar-refractivity contribution < 1.29 is 4.79 Å². The molecule has 0 heterocycles. The van der Waals surface area contributed by atoms with Crippen molar-refractivity contribution in [2.45, 2.75) is 19.3 Å². The average Bonchev–Trinajstić information content (AvgIpc) is 2.34. The molecule has 1 aromatic rings. The molecule has 1 rings (SSSR count). The number of nitrogens with one attached hydrogen (secondary N) is 1. The van der Waals surface area contributed by atoms with E-state index in [4.69, 9.17) is 11.6 Å². The largest absolute Gasteiger partial charge is 0.356 e. The number of halogens is 1. The molecule has 0 fully saturated rings. The maximum atomic E-state index is 11.6. The minimum atomic E-state index is 0.115. The van der Waals surface area contributed by atoms with Gasteiger partial charge in [-0.1, -0.05) is 23.7 Å². The van der Waals surface area contributed by atoms with Crippen LogP contribution in [0.15, 0.2) is 24.3 Å². The molecule has 0 bridgehead atoms. The molecule has 0 atom stereocenters. The summed E-state index contributed by atoms with van der Waals surface area (Å²) in [6, 6.07) is 7.63. The van der Waals surface area contributed by atoms with Gasteiger partial charge in [-0.3, -0.25) is 4.79 Å². The molecule has 0 saturated carbocycles. The third-order valence-electron chi connectivity index (χ3n) is 2.66. The highest BCUT2D eigenvalue weighted by Gasteiger charge is 2.02. The number of hydrogen-bond acceptors (Lipinski definition) is 2. The molecule has 0 spiro atoms. The second kappa shape index (κ2) is 8.11. The van der Waals surface area contributed by atoms with E-state index in [1.807, 2.05) is 38.4 Å². The van der Waals surface area contributed by atoms with Gasteiger partial charge in [0, 0.05) is 18.0 Å². The topological polar surface area (TPSA) is 32.3 Å². The van der Waals surface area contributed by atoms with Gasteiger partial charge in [0.15, 0.2) is 0 Å². The Hall–Kier alpha value is -1.06. The lowest BCUT2D eigenvalue weighted by molar-refractivity contribution is -0.121. The Balaban J connectivity index is 2.15. The number of nitrogens with zero attached hydrogens (tertiary/aromatic N) is 1. The quantitative estimate of drug-likeness (QED) is 0.770. The molecule has 0 unspecified atom stereocenters. The van der Waals surface area contributed by atoms with Crippen molar-refractivity contribution >= 4 is 17.5 Å². The fraction of sp³-hybridized carbons (Fsp3) is 0.500. The third kappa shape index (κ3) is 6.62. The minimum Gasteiger partial charge on any atom is -0.356 e. The second-order valence-corrected chi connectivity index (χ2v) is 5.07. The molecule has 3 nitrogen and oxygen atoms in total. The van der Waals surface area contributed by atoms with Crippen molar-refractivity contribution in [2.75, 3.05) is 27.2 Å². The fourth-order valence-electron chi connectivity index (χ4n) is 1.62. The van der Waals surface area contributed by atoms with Gasteiger partial charge in [0.25, 0.3) is 0 Å². The molecule has 1 amide bonds. The molecule has 18 heavy (non-hydrogen) atoms. The molecular formula is C14H21ClN2O. The van der Waals surface area contributed by atoms with Crippen molar-refractivity contribution in [3.05, 3.63) is 34.9 Å². The van der Waals surface area contributed by atoms with Gasteiger partial charge < -0.3 is 10.2 Å². The van der Waals surface area contributed by atoms with E-state index >= 15 is 0 Å². The van der Waals surface area contributed by atoms with Crippen LogP contribution in [-0.2, 0) is 11.2 Å². The number of carbonyl (C=O) groups is 1. The molecule has 4 heteroatoms. The smallest absolute Gasteiger partial charge is 0.220 e. The van der Waals surface area contributed by atoms with Crippen molar-refractivity contribution in [2.24, 2.45) is 0 Å². The molecule has 0 radical (unpaired) electrons. The van der Waals surface area contributed by atoms with Crippen LogP contribution in [0.25, 0.3) is 0 Å². The van der Waals surface area contributed by atoms with Crippen LogP contribution in [0, 0.1) is 0 Å². The minimum absolute atomic E-state index is 0.115. The van der Waals surface area contributed by atoms with Gasteiger partial charge in [-0.15, -0.1) is 0 Å². The molecule has 0 aromatic heterocycles. The summed E-state index contributed by atoms with van der Waals surface area (Å²) < 4.78 is 0. The van der Waals surface area contributed by atoms with Crippen LogP contribution in [0.2, 0.25) is 5.02 Å². The Labute approximate surface area is 114 Å². The van der Waals surface area contributed by atoms with Gasteiger partial charge >= 0.3 is 0 Å². The van der Waals surface area contributed by atoms with Crippen LogP contribution >= 0.6 is 11.6 Å². The first-order valence-electron chi connectivity index (χ1n) is 6.24. The number of aryl methyl sites for hydroxylation is 1. The Morgan fingerprint density at radius 2 is 1.94 bits per heavy atom. The summed E-state index contributed by atoms with van der Waals surface area (Å²) in [5.74, 6) is 0.115. The van der Waals surface area contributed by atoms with Gasteiger partial charge in [0.1, 0.15) is 0 Å². The fourth-order valence-corrected chi connectivity index (χ4v) is 1.75. The Bertz CT molecular complexity index is 363. The third-order valence-corrected chi connectivity index (χ3v) is 2.91. The van der Waals surface area contributed by atoms with Crippen LogP contribution in [0.1, 0.15) is 18.4 Å². The predicted molar refractivity (Wildman–Crippen MR) is 76.0 cm³/mol. The van der Waals surface area contributed by atoms with E-state index in [9.17, 15) is 4.79 Å². The summed E-state index contributed by atoms with van der Waals surface area (Å²) in [6.45, 7) is 1.75. The molecule has 100 valence electrons. The zero-order valence-corrected chi connectivity index (χ0v) is 11.8. The molecule has 0 aliphatic heterocycles. The number of carbonyl (C=O) groups excluding carboxylic acids is 1. The van der Waals surface area contributed by atoms with Crippen LogP contribution in [0.4, 0.5) is 0 Å². The van der Waals surface area contributed by atoms with Crippen molar-refractivity contribution in [1.82, 2.24) is 10.2 Å². The van der Waals surface area contributed by atoms with E-state index in [0.29, 0.717) is 6.42 Å². The highest BCUT2D eigenvalue weighted by atomic mass is 35.5. The highest BCUT2D eigenvalue weighted by Crippen LogP contribution is 2.10. The standard InChI is InChI=1S/C14H21ClN2O/c1-17(2)11-3-10-16-14(18)9-6-12-4-7-13(15)8-5-12/h4-5,7-8H,3,6,9-11H2,1-2H3,(H,16,18). The van der Waals surface area contributed by atoms with Gasteiger partial charge in [-0.05, 0) is 51.2 Å². The lowest BCUT2D eigenvalue weighted by Crippen LogP contribution is -2.27. The molecule has 1 N–H and O–H groups in total. The van der Waals surface area contributed by atoms with Crippen molar-refractivity contribution in [3.8, 4) is 0 Å². The van der Waals surface area contributed by atoms with E-state index in [2.05, 4.69) is 10.2 Å². The molecule has 1 aromatic carbocycles. The summed E-state index contributed by atoms with van der Waals surface area (Å²) in [5, 5.41) is 3.66. The maximum absolute atomic E-state index is 11.6. The van der Waals surface area contributed by atoms with Crippen LogP contribution in [0.3, 0.4) is 0 Å². The SMILES string of the molecule is CN(C)CCCNC(=O)CCc1ccc(Cl)cc1. The average molecular weight is 269 g/mol. The van der Waals surface area contributed by atoms with E-state index in [1.165, 1.54) is 0 Å². The first kappa shape index (κ1) is 15.0. The maximum Gasteiger partial charge on any atom is 0.220 e. The summed E-state index contributed by atoms with van der Waals surface area (Å²) in [7, 11) is 4.06. The van der Waals surface area contributed by atoms with E-state index in [-0.39, 0.29) is 5.91 Å². The summed E-state index contributed by atoms with van der Waals surface area (Å²) in [5.41, 5.74) is 1.14. The highest BCUT2D eigenvalue weighted by molar-refractivity contribution is 6.30. The van der Waals surface area contributed by atoms with Crippen LogP contribution in [0.5, 0.6) is 0 Å². The lowest BCUT2D eigenvalue weighted by atomic mass is 10.1. The molecule has 0 saturated heterocycles. The summed E-state index contributed by atoms with van der Waals surface area (Å²) >= 11 is 5.80. The first-order valence-corrected chi connectivity index (χ1v) is 6.61. The normalized spacial score (nSPS) is 10.7. The Kier molecular flexibility index (Phi) is 6.76. The lowest BCUT2D eigenvalue weighted by Gasteiger charge is -2.09. The van der Waals surface area contributed by atoms with Gasteiger partial charge in [-0.25, -0.2) is 0 Å². The Morgan fingerprint density at radius 3 is 2.56 bits per heavy atom. The molecule has 0 aliphatic rings. The van der Waals surface area contributed by atoms with Gasteiger partial charge in [0.2, 0.25) is 5.91 Å². The first-order chi connectivity index (χ1) is 8.58. The second-order valence-electron chi connectivity index (χ2n) is 4.63. The molecular weight excluding hydrogens is 248 g/mol. The predicted octanol–water partition coefficient (Wildman–Crippen LogP) is 2.34. The van der Waals surface area contributed by atoms with E-state index in [1.54, 1.807) is 0 Å². The number of benzene rings is 1. The monoisotopic (exact) mass is 268 g/mol. The summed E-state index contributed by atoms with van der Waals surface area (Å²) in [6.07, 6.45) is 2.28. The number of rotatable bonds is 7. The Morgan fingerprint density at radius 1 is 1.28 bits per heavy atom. The zero-order valence-electron chi connectivity index (χ0n) is 11.1. The van der Waals surface area contributed by atoms with E-state index < -0.39 is 0 Å². The van der Waals surface area contributed by atoms with Crippen LogP contribution < -0.4 is 5.32 Å². The van der Waals surface area contributed by atoms with Gasteiger partial charge in [-0.2, -0.15) is 0 Å².